The summed E-state index contributed by atoms with van der Waals surface area (Å²) < 4.78 is 0.921. The van der Waals surface area contributed by atoms with Crippen LogP contribution in [0.15, 0.2) is 22.7 Å². The second-order valence-electron chi connectivity index (χ2n) is 4.43. The van der Waals surface area contributed by atoms with Gasteiger partial charge < -0.3 is 10.6 Å². The molecule has 0 radical (unpaired) electrons. The van der Waals surface area contributed by atoms with Gasteiger partial charge >= 0.3 is 0 Å². The minimum atomic E-state index is -0.102. The molecule has 96 valence electrons. The van der Waals surface area contributed by atoms with E-state index >= 15 is 0 Å². The topological polar surface area (TPSA) is 58.2 Å². The first kappa shape index (κ1) is 13.1. The van der Waals surface area contributed by atoms with Crippen molar-refractivity contribution >= 4 is 27.7 Å². The Balaban J connectivity index is 1.95. The number of amides is 2. The van der Waals surface area contributed by atoms with Crippen LogP contribution in [0.3, 0.4) is 0 Å². The van der Waals surface area contributed by atoms with Gasteiger partial charge in [-0.25, -0.2) is 0 Å². The fourth-order valence-electron chi connectivity index (χ4n) is 2.00. The average molecular weight is 311 g/mol. The predicted molar refractivity (Wildman–Crippen MR) is 72.4 cm³/mol. The number of halogens is 1. The fourth-order valence-corrected chi connectivity index (χ4v) is 2.36. The molecule has 18 heavy (non-hydrogen) atoms. The Morgan fingerprint density at radius 3 is 3.00 bits per heavy atom. The molecule has 1 aromatic rings. The summed E-state index contributed by atoms with van der Waals surface area (Å²) in [5.41, 5.74) is 1.58. The maximum atomic E-state index is 12.0. The van der Waals surface area contributed by atoms with Crippen molar-refractivity contribution in [1.82, 2.24) is 10.6 Å². The van der Waals surface area contributed by atoms with Gasteiger partial charge in [0, 0.05) is 29.0 Å². The zero-order valence-corrected chi connectivity index (χ0v) is 11.7. The van der Waals surface area contributed by atoms with Crippen molar-refractivity contribution in [2.24, 2.45) is 0 Å². The van der Waals surface area contributed by atoms with Crippen LogP contribution in [0.1, 0.15) is 28.8 Å². The van der Waals surface area contributed by atoms with Gasteiger partial charge in [-0.05, 0) is 31.0 Å². The Hall–Kier alpha value is -1.36. The molecule has 0 spiro atoms. The van der Waals surface area contributed by atoms with Crippen molar-refractivity contribution in [3.8, 4) is 0 Å². The molecule has 1 aromatic carbocycles. The predicted octanol–water partition coefficient (Wildman–Crippen LogP) is 1.77. The van der Waals surface area contributed by atoms with Gasteiger partial charge in [-0.3, -0.25) is 9.59 Å². The standard InChI is InChI=1S/C13H15BrN2O2/c1-8-10(3-2-4-11(8)14)13(18)15-7-9-5-6-12(17)16-9/h2-4,9H,5-7H2,1H3,(H,15,18)(H,16,17). The molecule has 0 bridgehead atoms. The second kappa shape index (κ2) is 5.52. The third-order valence-corrected chi connectivity index (χ3v) is 3.97. The molecular formula is C13H15BrN2O2. The van der Waals surface area contributed by atoms with E-state index in [4.69, 9.17) is 0 Å². The Kier molecular flexibility index (Phi) is 4.01. The van der Waals surface area contributed by atoms with Crippen molar-refractivity contribution < 1.29 is 9.59 Å². The first-order valence-corrected chi connectivity index (χ1v) is 6.70. The van der Waals surface area contributed by atoms with E-state index in [1.165, 1.54) is 0 Å². The van der Waals surface area contributed by atoms with E-state index in [2.05, 4.69) is 26.6 Å². The van der Waals surface area contributed by atoms with Crippen LogP contribution in [0, 0.1) is 6.92 Å². The summed E-state index contributed by atoms with van der Waals surface area (Å²) in [5.74, 6) is -0.0390. The maximum absolute atomic E-state index is 12.0. The molecule has 4 nitrogen and oxygen atoms in total. The number of hydrogen-bond acceptors (Lipinski definition) is 2. The summed E-state index contributed by atoms with van der Waals surface area (Å²) in [6.45, 7) is 2.38. The van der Waals surface area contributed by atoms with E-state index in [1.807, 2.05) is 19.1 Å². The Bertz CT molecular complexity index is 488. The highest BCUT2D eigenvalue weighted by Gasteiger charge is 2.21. The second-order valence-corrected chi connectivity index (χ2v) is 5.28. The molecule has 0 aromatic heterocycles. The van der Waals surface area contributed by atoms with Crippen molar-refractivity contribution in [2.75, 3.05) is 6.54 Å². The highest BCUT2D eigenvalue weighted by Crippen LogP contribution is 2.19. The SMILES string of the molecule is Cc1c(Br)cccc1C(=O)NCC1CCC(=O)N1. The average Bonchev–Trinajstić information content (AvgIpc) is 2.76. The molecule has 2 N–H and O–H groups in total. The lowest BCUT2D eigenvalue weighted by Crippen LogP contribution is -2.38. The first-order valence-electron chi connectivity index (χ1n) is 5.90. The van der Waals surface area contributed by atoms with Crippen LogP contribution < -0.4 is 10.6 Å². The van der Waals surface area contributed by atoms with Crippen LogP contribution >= 0.6 is 15.9 Å². The van der Waals surface area contributed by atoms with E-state index in [-0.39, 0.29) is 17.9 Å². The first-order chi connectivity index (χ1) is 8.58. The van der Waals surface area contributed by atoms with Crippen LogP contribution in [-0.4, -0.2) is 24.4 Å². The Labute approximate surface area is 114 Å². The van der Waals surface area contributed by atoms with E-state index in [9.17, 15) is 9.59 Å². The summed E-state index contributed by atoms with van der Waals surface area (Å²) >= 11 is 3.40. The lowest BCUT2D eigenvalue weighted by atomic mass is 10.1. The van der Waals surface area contributed by atoms with Crippen LogP contribution in [0.5, 0.6) is 0 Å². The molecule has 2 amide bonds. The largest absolute Gasteiger partial charge is 0.352 e. The van der Waals surface area contributed by atoms with Gasteiger partial charge in [0.25, 0.3) is 5.91 Å². The Morgan fingerprint density at radius 2 is 2.33 bits per heavy atom. The molecule has 1 heterocycles. The van der Waals surface area contributed by atoms with Crippen molar-refractivity contribution in [1.29, 1.82) is 0 Å². The lowest BCUT2D eigenvalue weighted by Gasteiger charge is -2.12. The lowest BCUT2D eigenvalue weighted by molar-refractivity contribution is -0.119. The molecular weight excluding hydrogens is 296 g/mol. The Morgan fingerprint density at radius 1 is 1.56 bits per heavy atom. The van der Waals surface area contributed by atoms with Crippen LogP contribution in [0.4, 0.5) is 0 Å². The van der Waals surface area contributed by atoms with Gasteiger partial charge in [0.15, 0.2) is 0 Å². The highest BCUT2D eigenvalue weighted by atomic mass is 79.9. The zero-order valence-electron chi connectivity index (χ0n) is 10.1. The zero-order chi connectivity index (χ0) is 13.1. The van der Waals surface area contributed by atoms with Gasteiger partial charge in [-0.15, -0.1) is 0 Å². The minimum Gasteiger partial charge on any atom is -0.352 e. The van der Waals surface area contributed by atoms with Gasteiger partial charge in [-0.1, -0.05) is 22.0 Å². The van der Waals surface area contributed by atoms with Crippen molar-refractivity contribution in [3.05, 3.63) is 33.8 Å². The summed E-state index contributed by atoms with van der Waals surface area (Å²) in [7, 11) is 0. The molecule has 0 aliphatic carbocycles. The normalized spacial score (nSPS) is 18.6. The minimum absolute atomic E-state index is 0.0629. The number of rotatable bonds is 3. The third-order valence-electron chi connectivity index (χ3n) is 3.11. The molecule has 1 unspecified atom stereocenters. The van der Waals surface area contributed by atoms with Crippen molar-refractivity contribution in [3.63, 3.8) is 0 Å². The van der Waals surface area contributed by atoms with Crippen LogP contribution in [-0.2, 0) is 4.79 Å². The third kappa shape index (κ3) is 2.90. The quantitative estimate of drug-likeness (QED) is 0.894. The van der Waals surface area contributed by atoms with E-state index in [0.29, 0.717) is 18.5 Å². The molecule has 2 rings (SSSR count). The van der Waals surface area contributed by atoms with Gasteiger partial charge in [0.1, 0.15) is 0 Å². The molecule has 1 saturated heterocycles. The van der Waals surface area contributed by atoms with Crippen LogP contribution in [0.2, 0.25) is 0 Å². The summed E-state index contributed by atoms with van der Waals surface area (Å²) in [6, 6.07) is 5.60. The molecule has 5 heteroatoms. The number of hydrogen-bond donors (Lipinski definition) is 2. The number of benzene rings is 1. The number of carbonyl (C=O) groups is 2. The number of nitrogens with one attached hydrogen (secondary N) is 2. The summed E-state index contributed by atoms with van der Waals surface area (Å²) in [4.78, 5) is 23.0. The van der Waals surface area contributed by atoms with Gasteiger partial charge in [0.2, 0.25) is 5.91 Å². The molecule has 0 saturated carbocycles. The van der Waals surface area contributed by atoms with Gasteiger partial charge in [0.05, 0.1) is 0 Å². The fraction of sp³-hybridized carbons (Fsp3) is 0.385. The highest BCUT2D eigenvalue weighted by molar-refractivity contribution is 9.10. The molecule has 1 atom stereocenters. The molecule has 1 aliphatic heterocycles. The van der Waals surface area contributed by atoms with Crippen molar-refractivity contribution in [2.45, 2.75) is 25.8 Å². The van der Waals surface area contributed by atoms with E-state index in [1.54, 1.807) is 6.07 Å². The smallest absolute Gasteiger partial charge is 0.251 e. The monoisotopic (exact) mass is 310 g/mol. The molecule has 1 fully saturated rings. The van der Waals surface area contributed by atoms with E-state index < -0.39 is 0 Å². The van der Waals surface area contributed by atoms with E-state index in [0.717, 1.165) is 16.5 Å². The van der Waals surface area contributed by atoms with Crippen LogP contribution in [0.25, 0.3) is 0 Å². The summed E-state index contributed by atoms with van der Waals surface area (Å²) in [6.07, 6.45) is 1.34. The maximum Gasteiger partial charge on any atom is 0.251 e. The molecule has 1 aliphatic rings. The summed E-state index contributed by atoms with van der Waals surface area (Å²) in [5, 5.41) is 5.68. The number of carbonyl (C=O) groups excluding carboxylic acids is 2. The van der Waals surface area contributed by atoms with Gasteiger partial charge in [-0.2, -0.15) is 0 Å².